The van der Waals surface area contributed by atoms with Gasteiger partial charge in [0.1, 0.15) is 11.9 Å². The Kier molecular flexibility index (Phi) is 5.54. The molecule has 12 heavy (non-hydrogen) atoms. The zero-order valence-corrected chi connectivity index (χ0v) is 7.92. The predicted molar refractivity (Wildman–Crippen MR) is 46.0 cm³/mol. The fourth-order valence-corrected chi connectivity index (χ4v) is 0.845. The molecule has 0 radical (unpaired) electrons. The minimum Gasteiger partial charge on any atom is -0.371 e. The molecule has 0 amide bonds. The van der Waals surface area contributed by atoms with Gasteiger partial charge in [-0.3, -0.25) is 4.79 Å². The van der Waals surface area contributed by atoms with Gasteiger partial charge in [0.15, 0.2) is 5.78 Å². The van der Waals surface area contributed by atoms with Crippen molar-refractivity contribution in [1.29, 1.82) is 0 Å². The Morgan fingerprint density at radius 3 is 2.33 bits per heavy atom. The summed E-state index contributed by atoms with van der Waals surface area (Å²) in [6.45, 7) is 5.58. The maximum Gasteiger partial charge on any atom is 0.161 e. The van der Waals surface area contributed by atoms with Crippen LogP contribution in [0, 0.1) is 0 Å². The van der Waals surface area contributed by atoms with Gasteiger partial charge in [0.2, 0.25) is 0 Å². The van der Waals surface area contributed by atoms with Crippen LogP contribution in [0.5, 0.6) is 0 Å². The maximum atomic E-state index is 11.2. The summed E-state index contributed by atoms with van der Waals surface area (Å²) in [5.74, 6) is 0.0547. The normalized spacial score (nSPS) is 12.6. The molecule has 3 heteroatoms. The van der Waals surface area contributed by atoms with Gasteiger partial charge < -0.3 is 9.53 Å². The lowest BCUT2D eigenvalue weighted by atomic mass is 10.1. The first-order valence-electron chi connectivity index (χ1n) is 4.21. The van der Waals surface area contributed by atoms with Crippen LogP contribution in [0.2, 0.25) is 0 Å². The van der Waals surface area contributed by atoms with Gasteiger partial charge >= 0.3 is 0 Å². The predicted octanol–water partition coefficient (Wildman–Crippen LogP) is 1.35. The van der Waals surface area contributed by atoms with E-state index in [0.717, 1.165) is 0 Å². The van der Waals surface area contributed by atoms with E-state index in [2.05, 4.69) is 0 Å². The minimum atomic E-state index is -0.366. The van der Waals surface area contributed by atoms with Crippen molar-refractivity contribution in [3.05, 3.63) is 0 Å². The van der Waals surface area contributed by atoms with Crippen LogP contribution in [0.25, 0.3) is 0 Å². The van der Waals surface area contributed by atoms with Crippen molar-refractivity contribution in [1.82, 2.24) is 0 Å². The van der Waals surface area contributed by atoms with Crippen molar-refractivity contribution in [2.45, 2.75) is 39.7 Å². The van der Waals surface area contributed by atoms with E-state index in [9.17, 15) is 9.59 Å². The smallest absolute Gasteiger partial charge is 0.161 e. The second-order valence-corrected chi connectivity index (χ2v) is 2.77. The molecule has 0 aromatic heterocycles. The molecule has 0 rings (SSSR count). The minimum absolute atomic E-state index is 0.00653. The van der Waals surface area contributed by atoms with E-state index in [1.54, 1.807) is 6.92 Å². The van der Waals surface area contributed by atoms with E-state index >= 15 is 0 Å². The number of carbonyl (C=O) groups excluding carboxylic acids is 2. The average molecular weight is 172 g/mol. The Bertz CT molecular complexity index is 163. The van der Waals surface area contributed by atoms with Gasteiger partial charge in [-0.1, -0.05) is 0 Å². The zero-order chi connectivity index (χ0) is 9.56. The van der Waals surface area contributed by atoms with E-state index in [4.69, 9.17) is 4.74 Å². The fourth-order valence-electron chi connectivity index (χ4n) is 0.845. The Morgan fingerprint density at radius 2 is 1.92 bits per heavy atom. The van der Waals surface area contributed by atoms with Crippen molar-refractivity contribution < 1.29 is 14.3 Å². The van der Waals surface area contributed by atoms with Crippen LogP contribution in [0.4, 0.5) is 0 Å². The summed E-state index contributed by atoms with van der Waals surface area (Å²) < 4.78 is 5.08. The molecule has 0 saturated carbocycles. The van der Waals surface area contributed by atoms with Gasteiger partial charge in [-0.2, -0.15) is 0 Å². The number of ketones is 2. The van der Waals surface area contributed by atoms with Gasteiger partial charge in [0, 0.05) is 19.4 Å². The number of hydrogen-bond donors (Lipinski definition) is 0. The van der Waals surface area contributed by atoms with Gasteiger partial charge in [0.05, 0.1) is 0 Å². The summed E-state index contributed by atoms with van der Waals surface area (Å²) in [4.78, 5) is 21.7. The first kappa shape index (κ1) is 11.3. The van der Waals surface area contributed by atoms with Crippen LogP contribution >= 0.6 is 0 Å². The van der Waals surface area contributed by atoms with Gasteiger partial charge in [-0.15, -0.1) is 0 Å². The van der Waals surface area contributed by atoms with Crippen molar-refractivity contribution >= 4 is 11.6 Å². The topological polar surface area (TPSA) is 43.4 Å². The molecule has 0 bridgehead atoms. The highest BCUT2D eigenvalue weighted by Crippen LogP contribution is 2.00. The van der Waals surface area contributed by atoms with E-state index in [1.807, 2.05) is 6.92 Å². The molecule has 0 spiro atoms. The molecule has 0 heterocycles. The summed E-state index contributed by atoms with van der Waals surface area (Å²) >= 11 is 0. The highest BCUT2D eigenvalue weighted by Gasteiger charge is 2.12. The van der Waals surface area contributed by atoms with Crippen molar-refractivity contribution in [2.75, 3.05) is 6.61 Å². The first-order valence-corrected chi connectivity index (χ1v) is 4.21. The second kappa shape index (κ2) is 5.89. The molecule has 0 saturated heterocycles. The molecule has 0 fully saturated rings. The van der Waals surface area contributed by atoms with E-state index in [0.29, 0.717) is 19.4 Å². The fraction of sp³-hybridized carbons (Fsp3) is 0.778. The molecule has 0 N–H and O–H groups in total. The Morgan fingerprint density at radius 1 is 1.33 bits per heavy atom. The molecule has 3 nitrogen and oxygen atoms in total. The van der Waals surface area contributed by atoms with Crippen LogP contribution in [-0.4, -0.2) is 24.3 Å². The lowest BCUT2D eigenvalue weighted by molar-refractivity contribution is -0.131. The van der Waals surface area contributed by atoms with Crippen LogP contribution in [0.15, 0.2) is 0 Å². The van der Waals surface area contributed by atoms with Gasteiger partial charge in [-0.05, 0) is 20.8 Å². The van der Waals surface area contributed by atoms with E-state index < -0.39 is 0 Å². The highest BCUT2D eigenvalue weighted by molar-refractivity contribution is 5.87. The van der Waals surface area contributed by atoms with Crippen LogP contribution in [-0.2, 0) is 14.3 Å². The quantitative estimate of drug-likeness (QED) is 0.607. The number of ether oxygens (including phenoxy) is 1. The third kappa shape index (κ3) is 5.02. The first-order chi connectivity index (χ1) is 5.57. The summed E-state index contributed by atoms with van der Waals surface area (Å²) in [5.41, 5.74) is 0. The SMILES string of the molecule is CCOC(C)C(=O)CCC(C)=O. The molecule has 1 atom stereocenters. The molecule has 70 valence electrons. The highest BCUT2D eigenvalue weighted by atomic mass is 16.5. The molecule has 0 aromatic carbocycles. The largest absolute Gasteiger partial charge is 0.371 e. The van der Waals surface area contributed by atoms with E-state index in [1.165, 1.54) is 6.92 Å². The van der Waals surface area contributed by atoms with Gasteiger partial charge in [-0.25, -0.2) is 0 Å². The summed E-state index contributed by atoms with van der Waals surface area (Å²) in [5, 5.41) is 0. The standard InChI is InChI=1S/C9H16O3/c1-4-12-8(3)9(11)6-5-7(2)10/h8H,4-6H2,1-3H3. The van der Waals surface area contributed by atoms with Crippen molar-refractivity contribution in [3.63, 3.8) is 0 Å². The third-order valence-corrected chi connectivity index (χ3v) is 1.59. The van der Waals surface area contributed by atoms with Crippen LogP contribution in [0.1, 0.15) is 33.6 Å². The second-order valence-electron chi connectivity index (χ2n) is 2.77. The maximum absolute atomic E-state index is 11.2. The molecular weight excluding hydrogens is 156 g/mol. The molecule has 1 unspecified atom stereocenters. The Balaban J connectivity index is 3.64. The lowest BCUT2D eigenvalue weighted by Gasteiger charge is -2.08. The molecule has 0 aliphatic rings. The average Bonchev–Trinajstić information content (AvgIpc) is 2.00. The monoisotopic (exact) mass is 172 g/mol. The number of Topliss-reactive ketones (excluding diaryl/α,β-unsaturated/α-hetero) is 2. The molecule has 0 aliphatic heterocycles. The molecule has 0 aromatic rings. The van der Waals surface area contributed by atoms with Crippen molar-refractivity contribution in [2.24, 2.45) is 0 Å². The van der Waals surface area contributed by atoms with Crippen LogP contribution < -0.4 is 0 Å². The molecular formula is C9H16O3. The zero-order valence-electron chi connectivity index (χ0n) is 7.92. The van der Waals surface area contributed by atoms with Gasteiger partial charge in [0.25, 0.3) is 0 Å². The number of hydrogen-bond acceptors (Lipinski definition) is 3. The number of carbonyl (C=O) groups is 2. The van der Waals surface area contributed by atoms with Crippen molar-refractivity contribution in [3.8, 4) is 0 Å². The van der Waals surface area contributed by atoms with Crippen LogP contribution in [0.3, 0.4) is 0 Å². The Labute approximate surface area is 73.1 Å². The summed E-state index contributed by atoms with van der Waals surface area (Å²) in [6.07, 6.45) is 0.265. The summed E-state index contributed by atoms with van der Waals surface area (Å²) in [7, 11) is 0. The number of rotatable bonds is 6. The lowest BCUT2D eigenvalue weighted by Crippen LogP contribution is -2.20. The van der Waals surface area contributed by atoms with E-state index in [-0.39, 0.29) is 17.7 Å². The Hall–Kier alpha value is -0.700. The third-order valence-electron chi connectivity index (χ3n) is 1.59. The summed E-state index contributed by atoms with van der Waals surface area (Å²) in [6, 6.07) is 0. The molecule has 0 aliphatic carbocycles.